The van der Waals surface area contributed by atoms with E-state index >= 15 is 0 Å². The summed E-state index contributed by atoms with van der Waals surface area (Å²) in [6.07, 6.45) is 4.93. The van der Waals surface area contributed by atoms with E-state index in [0.717, 1.165) is 12.0 Å². The third-order valence-corrected chi connectivity index (χ3v) is 7.51. The largest absolute Gasteiger partial charge is 0.493 e. The molecule has 0 saturated heterocycles. The van der Waals surface area contributed by atoms with Crippen LogP contribution in [0.4, 0.5) is 11.4 Å². The van der Waals surface area contributed by atoms with Gasteiger partial charge in [-0.2, -0.15) is 11.3 Å². The highest BCUT2D eigenvalue weighted by Gasteiger charge is 2.45. The van der Waals surface area contributed by atoms with Crippen LogP contribution in [0.1, 0.15) is 43.1 Å². The molecule has 1 aliphatic rings. The molecule has 0 N–H and O–H groups in total. The number of ether oxygens (including phenoxy) is 1. The van der Waals surface area contributed by atoms with Gasteiger partial charge in [0, 0.05) is 50.5 Å². The van der Waals surface area contributed by atoms with Crippen molar-refractivity contribution in [1.29, 1.82) is 0 Å². The van der Waals surface area contributed by atoms with E-state index in [-0.39, 0.29) is 30.1 Å². The number of pyridine rings is 1. The molecule has 39 heavy (non-hydrogen) atoms. The minimum atomic E-state index is -1.15. The van der Waals surface area contributed by atoms with Crippen LogP contribution in [0.2, 0.25) is 0 Å². The van der Waals surface area contributed by atoms with Crippen LogP contribution < -0.4 is 14.5 Å². The molecule has 0 aliphatic carbocycles. The molecule has 0 spiro atoms. The Morgan fingerprint density at radius 2 is 1.90 bits per heavy atom. The molecule has 1 aromatic carbocycles. The lowest BCUT2D eigenvalue weighted by atomic mass is 9.90. The third kappa shape index (κ3) is 6.59. The highest BCUT2D eigenvalue weighted by atomic mass is 35.5. The van der Waals surface area contributed by atoms with Gasteiger partial charge in [0.25, 0.3) is 5.91 Å². The van der Waals surface area contributed by atoms with Gasteiger partial charge in [0.15, 0.2) is 0 Å². The number of rotatable bonds is 10. The normalized spacial score (nSPS) is 14.4. The van der Waals surface area contributed by atoms with Gasteiger partial charge in [-0.15, -0.1) is 12.4 Å². The summed E-state index contributed by atoms with van der Waals surface area (Å²) in [5, 5.41) is 3.78. The molecule has 0 atom stereocenters. The van der Waals surface area contributed by atoms with Crippen molar-refractivity contribution in [3.05, 3.63) is 70.7 Å². The predicted molar refractivity (Wildman–Crippen MR) is 157 cm³/mol. The first-order valence-corrected chi connectivity index (χ1v) is 13.8. The van der Waals surface area contributed by atoms with E-state index in [0.29, 0.717) is 55.3 Å². The maximum Gasteiger partial charge on any atom is 0.254 e. The van der Waals surface area contributed by atoms with Crippen molar-refractivity contribution < 1.29 is 19.1 Å². The zero-order valence-electron chi connectivity index (χ0n) is 22.8. The molecule has 208 valence electrons. The summed E-state index contributed by atoms with van der Waals surface area (Å²) in [6.45, 7) is 7.22. The van der Waals surface area contributed by atoms with Gasteiger partial charge in [-0.25, -0.2) is 0 Å². The molecule has 8 nitrogen and oxygen atoms in total. The van der Waals surface area contributed by atoms with Crippen LogP contribution in [0.5, 0.6) is 5.75 Å². The fourth-order valence-electron chi connectivity index (χ4n) is 4.61. The second-order valence-corrected chi connectivity index (χ2v) is 10.6. The van der Waals surface area contributed by atoms with E-state index in [1.54, 1.807) is 38.1 Å². The topological polar surface area (TPSA) is 83.1 Å². The van der Waals surface area contributed by atoms with Gasteiger partial charge in [0.1, 0.15) is 11.2 Å². The van der Waals surface area contributed by atoms with Crippen molar-refractivity contribution >= 4 is 52.8 Å². The second-order valence-electron chi connectivity index (χ2n) is 9.81. The number of carbonyl (C=O) groups is 3. The smallest absolute Gasteiger partial charge is 0.254 e. The monoisotopic (exact) mass is 570 g/mol. The van der Waals surface area contributed by atoms with Gasteiger partial charge in [-0.05, 0) is 68.8 Å². The summed E-state index contributed by atoms with van der Waals surface area (Å²) in [4.78, 5) is 48.4. The molecule has 3 aromatic rings. The van der Waals surface area contributed by atoms with Crippen LogP contribution in [0.15, 0.2) is 59.6 Å². The Labute approximate surface area is 240 Å². The number of hydrogen-bond donors (Lipinski definition) is 0. The average molecular weight is 571 g/mol. The van der Waals surface area contributed by atoms with E-state index in [1.165, 1.54) is 16.2 Å². The van der Waals surface area contributed by atoms with Crippen LogP contribution in [-0.2, 0) is 16.0 Å². The lowest BCUT2D eigenvalue weighted by molar-refractivity contribution is -0.137. The maximum absolute atomic E-state index is 13.1. The van der Waals surface area contributed by atoms with Crippen molar-refractivity contribution in [1.82, 2.24) is 9.88 Å². The summed E-state index contributed by atoms with van der Waals surface area (Å²) in [5.74, 6) is 0.143. The quantitative estimate of drug-likeness (QED) is 0.251. The minimum Gasteiger partial charge on any atom is -0.493 e. The molecule has 4 rings (SSSR count). The van der Waals surface area contributed by atoms with Crippen LogP contribution in [0.3, 0.4) is 0 Å². The van der Waals surface area contributed by atoms with Crippen molar-refractivity contribution in [2.45, 2.75) is 33.6 Å². The molecule has 3 heterocycles. The molecule has 0 radical (unpaired) electrons. The van der Waals surface area contributed by atoms with Crippen LogP contribution in [0, 0.1) is 5.41 Å². The summed E-state index contributed by atoms with van der Waals surface area (Å²) < 4.78 is 6.04. The number of carbonyl (C=O) groups excluding carboxylic acids is 3. The summed E-state index contributed by atoms with van der Waals surface area (Å²) in [6, 6.07) is 11.2. The van der Waals surface area contributed by atoms with Crippen molar-refractivity contribution in [2.24, 2.45) is 5.41 Å². The van der Waals surface area contributed by atoms with E-state index in [1.807, 2.05) is 59.1 Å². The number of nitrogens with zero attached hydrogens (tertiary/aromatic N) is 4. The van der Waals surface area contributed by atoms with Crippen molar-refractivity contribution in [3.8, 4) is 5.75 Å². The van der Waals surface area contributed by atoms with Gasteiger partial charge < -0.3 is 19.4 Å². The van der Waals surface area contributed by atoms with Crippen molar-refractivity contribution in [3.63, 3.8) is 0 Å². The van der Waals surface area contributed by atoms with E-state index in [9.17, 15) is 14.4 Å². The lowest BCUT2D eigenvalue weighted by Crippen LogP contribution is -2.47. The Kier molecular flexibility index (Phi) is 10.1. The number of amides is 3. The summed E-state index contributed by atoms with van der Waals surface area (Å²) in [7, 11) is 1.69. The molecule has 1 aliphatic heterocycles. The highest BCUT2D eigenvalue weighted by Crippen LogP contribution is 2.40. The summed E-state index contributed by atoms with van der Waals surface area (Å²) in [5.41, 5.74) is 1.95. The average Bonchev–Trinajstić information content (AvgIpc) is 3.46. The molecule has 2 aromatic heterocycles. The standard InChI is InChI=1S/C29H34N4O4S.ClH/c1-5-33-24-10-9-23(18-25(24)31(4)27(35)29(2,3)28(33)36)37-16-7-14-32(26(34)22-12-17-38-20-22)15-11-21-8-6-13-30-19-21;/h6,8-10,12-13,17-20H,5,7,11,14-16H2,1-4H3;1H. The van der Waals surface area contributed by atoms with Crippen LogP contribution >= 0.6 is 23.7 Å². The molecule has 0 unspecified atom stereocenters. The molecular formula is C29H35ClN4O4S. The van der Waals surface area contributed by atoms with E-state index in [4.69, 9.17) is 4.74 Å². The molecule has 0 fully saturated rings. The first kappa shape index (κ1) is 30.1. The minimum absolute atomic E-state index is 0. The van der Waals surface area contributed by atoms with E-state index < -0.39 is 5.41 Å². The number of halogens is 1. The highest BCUT2D eigenvalue weighted by molar-refractivity contribution is 7.08. The molecule has 0 bridgehead atoms. The SMILES string of the molecule is CCN1C(=O)C(C)(C)C(=O)N(C)c2cc(OCCCN(CCc3cccnc3)C(=O)c3ccsc3)ccc21.Cl. The van der Waals surface area contributed by atoms with Gasteiger partial charge in [-0.3, -0.25) is 19.4 Å². The third-order valence-electron chi connectivity index (χ3n) is 6.82. The first-order valence-electron chi connectivity index (χ1n) is 12.8. The fraction of sp³-hybridized carbons (Fsp3) is 0.379. The Bertz CT molecular complexity index is 1280. The zero-order valence-corrected chi connectivity index (χ0v) is 24.4. The Morgan fingerprint density at radius 1 is 1.10 bits per heavy atom. The number of thiophene rings is 1. The fourth-order valence-corrected chi connectivity index (χ4v) is 5.24. The second kappa shape index (κ2) is 13.1. The number of anilines is 2. The zero-order chi connectivity index (χ0) is 27.3. The van der Waals surface area contributed by atoms with Gasteiger partial charge in [-0.1, -0.05) is 6.07 Å². The first-order chi connectivity index (χ1) is 18.2. The summed E-state index contributed by atoms with van der Waals surface area (Å²) >= 11 is 1.51. The van der Waals surface area contributed by atoms with Crippen LogP contribution in [0.25, 0.3) is 0 Å². The number of hydrogen-bond acceptors (Lipinski definition) is 6. The Morgan fingerprint density at radius 3 is 2.56 bits per heavy atom. The van der Waals surface area contributed by atoms with Crippen LogP contribution in [-0.4, -0.2) is 60.9 Å². The van der Waals surface area contributed by atoms with Gasteiger partial charge >= 0.3 is 0 Å². The molecule has 10 heteroatoms. The predicted octanol–water partition coefficient (Wildman–Crippen LogP) is 5.07. The maximum atomic E-state index is 13.1. The van der Waals surface area contributed by atoms with Gasteiger partial charge in [0.05, 0.1) is 23.5 Å². The molecule has 0 saturated carbocycles. The molecule has 3 amide bonds. The van der Waals surface area contributed by atoms with Crippen molar-refractivity contribution in [2.75, 3.05) is 43.1 Å². The molecular weight excluding hydrogens is 536 g/mol. The van der Waals surface area contributed by atoms with E-state index in [2.05, 4.69) is 4.98 Å². The van der Waals surface area contributed by atoms with Gasteiger partial charge in [0.2, 0.25) is 11.8 Å². The number of fused-ring (bicyclic) bond motifs is 1. The Balaban J connectivity index is 0.00000420. The number of benzene rings is 1. The number of aromatic nitrogens is 1. The lowest BCUT2D eigenvalue weighted by Gasteiger charge is -2.27. The Hall–Kier alpha value is -3.43.